The van der Waals surface area contributed by atoms with Crippen LogP contribution in [0.2, 0.25) is 5.02 Å². The van der Waals surface area contributed by atoms with Crippen molar-refractivity contribution in [1.29, 1.82) is 0 Å². The van der Waals surface area contributed by atoms with Crippen LogP contribution < -0.4 is 10.6 Å². The first-order valence-electron chi connectivity index (χ1n) is 8.15. The minimum absolute atomic E-state index is 0.0358. The lowest BCUT2D eigenvalue weighted by Crippen LogP contribution is -2.55. The first-order valence-corrected chi connectivity index (χ1v) is 8.53. The molecule has 13 heteroatoms. The van der Waals surface area contributed by atoms with Crippen molar-refractivity contribution < 1.29 is 41.8 Å². The van der Waals surface area contributed by atoms with E-state index in [4.69, 9.17) is 11.6 Å². The van der Waals surface area contributed by atoms with Crippen LogP contribution in [0, 0.1) is 5.82 Å². The number of alkyl carbamates (subject to hydrolysis) is 1. The Morgan fingerprint density at radius 2 is 2.10 bits per heavy atom. The van der Waals surface area contributed by atoms with Crippen LogP contribution in [0.3, 0.4) is 0 Å². The largest absolute Gasteiger partial charge is 0.410 e. The third-order valence-electron chi connectivity index (χ3n) is 4.06. The summed E-state index contributed by atoms with van der Waals surface area (Å²) in [7, 11) is 0. The number of nitrogens with zero attached hydrogens (tertiary/aromatic N) is 1. The maximum Gasteiger partial charge on any atom is 0.410 e. The van der Waals surface area contributed by atoms with Crippen molar-refractivity contribution in [2.75, 3.05) is 13.1 Å². The molecule has 29 heavy (non-hydrogen) atoms. The SMILES string of the molecule is O=CNC[C@H](N1CC[C@](O)(OC(=O)NCc2cc(F)cc(Cl)c2)C1=O)C(F)(F)F. The molecule has 0 radical (unpaired) electrons. The molecule has 3 amide bonds. The zero-order valence-electron chi connectivity index (χ0n) is 14.6. The normalized spacial score (nSPS) is 20.3. The second-order valence-electron chi connectivity index (χ2n) is 6.14. The van der Waals surface area contributed by atoms with Gasteiger partial charge in [-0.15, -0.1) is 0 Å². The summed E-state index contributed by atoms with van der Waals surface area (Å²) < 4.78 is 57.4. The number of rotatable bonds is 7. The van der Waals surface area contributed by atoms with Gasteiger partial charge < -0.3 is 25.4 Å². The van der Waals surface area contributed by atoms with Crippen molar-refractivity contribution >= 4 is 30.0 Å². The fourth-order valence-electron chi connectivity index (χ4n) is 2.74. The van der Waals surface area contributed by atoms with Crippen molar-refractivity contribution in [3.05, 3.63) is 34.6 Å². The number of nitrogens with one attached hydrogen (secondary N) is 2. The smallest absolute Gasteiger partial charge is 0.407 e. The van der Waals surface area contributed by atoms with Gasteiger partial charge in [-0.25, -0.2) is 9.18 Å². The number of halogens is 5. The number of aliphatic hydroxyl groups is 1. The first-order chi connectivity index (χ1) is 13.5. The molecule has 0 bridgehead atoms. The summed E-state index contributed by atoms with van der Waals surface area (Å²) in [6, 6.07) is 1.04. The number of hydrogen-bond donors (Lipinski definition) is 3. The highest BCUT2D eigenvalue weighted by atomic mass is 35.5. The van der Waals surface area contributed by atoms with Crippen molar-refractivity contribution in [1.82, 2.24) is 15.5 Å². The number of carbonyl (C=O) groups is 3. The minimum atomic E-state index is -4.89. The van der Waals surface area contributed by atoms with E-state index in [1.54, 1.807) is 0 Å². The van der Waals surface area contributed by atoms with Crippen molar-refractivity contribution in [2.45, 2.75) is 31.0 Å². The highest BCUT2D eigenvalue weighted by Gasteiger charge is 2.56. The molecular weight excluding hydrogens is 426 g/mol. The number of amides is 3. The Labute approximate surface area is 166 Å². The van der Waals surface area contributed by atoms with E-state index in [-0.39, 0.29) is 28.4 Å². The van der Waals surface area contributed by atoms with Gasteiger partial charge in [0.1, 0.15) is 11.9 Å². The second kappa shape index (κ2) is 8.82. The number of alkyl halides is 3. The monoisotopic (exact) mass is 441 g/mol. The summed E-state index contributed by atoms with van der Waals surface area (Å²) in [5.41, 5.74) is 0.246. The summed E-state index contributed by atoms with van der Waals surface area (Å²) in [6.45, 7) is -1.77. The van der Waals surface area contributed by atoms with E-state index in [0.29, 0.717) is 0 Å². The summed E-state index contributed by atoms with van der Waals surface area (Å²) >= 11 is 5.67. The Balaban J connectivity index is 2.01. The topological polar surface area (TPSA) is 108 Å². The van der Waals surface area contributed by atoms with Crippen LogP contribution in [0.4, 0.5) is 22.4 Å². The van der Waals surface area contributed by atoms with Gasteiger partial charge in [-0.3, -0.25) is 9.59 Å². The van der Waals surface area contributed by atoms with Gasteiger partial charge in [0, 0.05) is 31.1 Å². The van der Waals surface area contributed by atoms with Crippen LogP contribution in [0.15, 0.2) is 18.2 Å². The predicted octanol–water partition coefficient (Wildman–Crippen LogP) is 1.30. The predicted molar refractivity (Wildman–Crippen MR) is 89.9 cm³/mol. The zero-order chi connectivity index (χ0) is 21.8. The van der Waals surface area contributed by atoms with Crippen LogP contribution in [-0.2, 0) is 20.9 Å². The Morgan fingerprint density at radius 1 is 1.41 bits per heavy atom. The fourth-order valence-corrected chi connectivity index (χ4v) is 2.98. The van der Waals surface area contributed by atoms with Gasteiger partial charge in [0.15, 0.2) is 0 Å². The van der Waals surface area contributed by atoms with Crippen molar-refractivity contribution in [3.63, 3.8) is 0 Å². The molecule has 1 aromatic carbocycles. The molecule has 1 aliphatic rings. The molecule has 1 heterocycles. The molecule has 0 saturated carbocycles. The van der Waals surface area contributed by atoms with E-state index in [9.17, 15) is 37.1 Å². The van der Waals surface area contributed by atoms with Crippen LogP contribution in [0.1, 0.15) is 12.0 Å². The van der Waals surface area contributed by atoms with Gasteiger partial charge >= 0.3 is 12.3 Å². The molecule has 160 valence electrons. The lowest BCUT2D eigenvalue weighted by Gasteiger charge is -2.30. The fraction of sp³-hybridized carbons (Fsp3) is 0.438. The summed E-state index contributed by atoms with van der Waals surface area (Å²) in [5, 5.41) is 14.2. The Bertz CT molecular complexity index is 774. The van der Waals surface area contributed by atoms with E-state index >= 15 is 0 Å². The maximum atomic E-state index is 13.3. The van der Waals surface area contributed by atoms with E-state index in [2.05, 4.69) is 10.1 Å². The van der Waals surface area contributed by atoms with Gasteiger partial charge in [0.25, 0.3) is 11.7 Å². The van der Waals surface area contributed by atoms with E-state index in [1.165, 1.54) is 6.07 Å². The number of hydrogen-bond acceptors (Lipinski definition) is 5. The van der Waals surface area contributed by atoms with E-state index in [0.717, 1.165) is 12.1 Å². The van der Waals surface area contributed by atoms with Crippen molar-refractivity contribution in [3.8, 4) is 0 Å². The van der Waals surface area contributed by atoms with Gasteiger partial charge in [-0.1, -0.05) is 11.6 Å². The molecule has 1 aliphatic heterocycles. The van der Waals surface area contributed by atoms with Gasteiger partial charge in [0.05, 0.1) is 0 Å². The lowest BCUT2D eigenvalue weighted by atomic mass is 10.2. The number of carbonyl (C=O) groups excluding carboxylic acids is 3. The third-order valence-corrected chi connectivity index (χ3v) is 4.27. The number of ether oxygens (including phenoxy) is 1. The number of likely N-dealkylation sites (tertiary alicyclic amines) is 1. The molecule has 8 nitrogen and oxygen atoms in total. The Hall–Kier alpha value is -2.60. The molecule has 3 N–H and O–H groups in total. The number of benzene rings is 1. The summed E-state index contributed by atoms with van der Waals surface area (Å²) in [6.07, 6.45) is -6.78. The Kier molecular flexibility index (Phi) is 6.90. The maximum absolute atomic E-state index is 13.3. The van der Waals surface area contributed by atoms with Gasteiger partial charge in [-0.05, 0) is 23.8 Å². The molecule has 0 unspecified atom stereocenters. The van der Waals surface area contributed by atoms with Gasteiger partial charge in [-0.2, -0.15) is 13.2 Å². The quantitative estimate of drug-likeness (QED) is 0.336. The van der Waals surface area contributed by atoms with Crippen LogP contribution in [0.5, 0.6) is 0 Å². The second-order valence-corrected chi connectivity index (χ2v) is 6.57. The van der Waals surface area contributed by atoms with Crippen LogP contribution in [-0.4, -0.2) is 59.5 Å². The molecule has 2 rings (SSSR count). The molecule has 0 aliphatic carbocycles. The van der Waals surface area contributed by atoms with Crippen LogP contribution in [0.25, 0.3) is 0 Å². The van der Waals surface area contributed by atoms with Gasteiger partial charge in [0.2, 0.25) is 6.41 Å². The molecule has 2 atom stereocenters. The van der Waals surface area contributed by atoms with E-state index < -0.39 is 55.3 Å². The minimum Gasteiger partial charge on any atom is -0.407 e. The van der Waals surface area contributed by atoms with Crippen molar-refractivity contribution in [2.24, 2.45) is 0 Å². The molecule has 1 aromatic rings. The molecule has 0 aromatic heterocycles. The average molecular weight is 442 g/mol. The summed E-state index contributed by atoms with van der Waals surface area (Å²) in [5.74, 6) is -4.95. The third kappa shape index (κ3) is 5.70. The summed E-state index contributed by atoms with van der Waals surface area (Å²) in [4.78, 5) is 34.7. The Morgan fingerprint density at radius 3 is 2.69 bits per heavy atom. The van der Waals surface area contributed by atoms with Crippen LogP contribution >= 0.6 is 11.6 Å². The lowest BCUT2D eigenvalue weighted by molar-refractivity contribution is -0.201. The highest BCUT2D eigenvalue weighted by molar-refractivity contribution is 6.30. The first kappa shape index (κ1) is 22.7. The zero-order valence-corrected chi connectivity index (χ0v) is 15.4. The molecule has 1 fully saturated rings. The molecule has 0 spiro atoms. The standard InChI is InChI=1S/C16H16ClF4N3O5/c17-10-3-9(4-11(18)5-10)6-23-14(27)29-15(28)1-2-24(13(15)26)12(7-22-8-25)16(19,20)21/h3-5,8,12,28H,1-2,6-7H2,(H,22,25)(H,23,27)/t12-,15-/m0/s1. The molecular formula is C16H16ClF4N3O5. The average Bonchev–Trinajstić information content (AvgIpc) is 2.87. The highest BCUT2D eigenvalue weighted by Crippen LogP contribution is 2.32. The molecule has 1 saturated heterocycles. The van der Waals surface area contributed by atoms with E-state index in [1.807, 2.05) is 5.32 Å².